The molecule has 0 bridgehead atoms. The fraction of sp³-hybridized carbons (Fsp3) is 0.571. The molecule has 100 valence electrons. The Hall–Kier alpha value is -1.26. The van der Waals surface area contributed by atoms with Gasteiger partial charge in [-0.05, 0) is 27.0 Å². The first kappa shape index (κ1) is 13.2. The maximum absolute atomic E-state index is 8.76. The Bertz CT molecular complexity index is 418. The minimum atomic E-state index is -0.184. The lowest BCUT2D eigenvalue weighted by molar-refractivity contribution is 0.0670. The van der Waals surface area contributed by atoms with E-state index in [0.717, 1.165) is 23.5 Å². The summed E-state index contributed by atoms with van der Waals surface area (Å²) in [7, 11) is 1.96. The van der Waals surface area contributed by atoms with Crippen molar-refractivity contribution < 1.29 is 14.6 Å². The molecular weight excluding hydrogens is 230 g/mol. The van der Waals surface area contributed by atoms with Gasteiger partial charge in [0.15, 0.2) is 0 Å². The van der Waals surface area contributed by atoms with Gasteiger partial charge in [0.25, 0.3) is 0 Å². The highest BCUT2D eigenvalue weighted by Gasteiger charge is 2.33. The number of rotatable bonds is 4. The van der Waals surface area contributed by atoms with Gasteiger partial charge in [0, 0.05) is 24.1 Å². The summed E-state index contributed by atoms with van der Waals surface area (Å²) in [6.07, 6.45) is 0.938. The lowest BCUT2D eigenvalue weighted by Crippen LogP contribution is -2.38. The van der Waals surface area contributed by atoms with E-state index < -0.39 is 0 Å². The molecule has 0 amide bonds. The van der Waals surface area contributed by atoms with E-state index in [1.807, 2.05) is 25.2 Å². The van der Waals surface area contributed by atoms with Gasteiger partial charge in [0.1, 0.15) is 23.7 Å². The predicted octanol–water partition coefficient (Wildman–Crippen LogP) is 1.88. The van der Waals surface area contributed by atoms with Crippen LogP contribution in [0.5, 0.6) is 11.5 Å². The van der Waals surface area contributed by atoms with Crippen molar-refractivity contribution in [2.24, 2.45) is 0 Å². The molecule has 0 spiro atoms. The van der Waals surface area contributed by atoms with Gasteiger partial charge in [-0.2, -0.15) is 0 Å². The Morgan fingerprint density at radius 2 is 2.28 bits per heavy atom. The zero-order chi connectivity index (χ0) is 13.2. The van der Waals surface area contributed by atoms with Gasteiger partial charge in [0.2, 0.25) is 0 Å². The van der Waals surface area contributed by atoms with E-state index >= 15 is 0 Å². The lowest BCUT2D eigenvalue weighted by atomic mass is 9.90. The highest BCUT2D eigenvalue weighted by molar-refractivity contribution is 5.44. The van der Waals surface area contributed by atoms with Crippen molar-refractivity contribution in [3.8, 4) is 11.5 Å². The Labute approximate surface area is 108 Å². The van der Waals surface area contributed by atoms with Crippen molar-refractivity contribution in [1.82, 2.24) is 5.32 Å². The third kappa shape index (κ3) is 2.76. The van der Waals surface area contributed by atoms with E-state index in [9.17, 15) is 0 Å². The van der Waals surface area contributed by atoms with Crippen molar-refractivity contribution >= 4 is 0 Å². The minimum Gasteiger partial charge on any atom is -0.491 e. The zero-order valence-electron chi connectivity index (χ0n) is 11.2. The molecule has 4 heteroatoms. The molecule has 1 aromatic rings. The SMILES string of the molecule is CNC1CC(C)(C)Oc2cc(OCCO)ccc21. The van der Waals surface area contributed by atoms with Crippen LogP contribution in [0.25, 0.3) is 0 Å². The molecule has 1 heterocycles. The summed E-state index contributed by atoms with van der Waals surface area (Å²) < 4.78 is 11.4. The van der Waals surface area contributed by atoms with Crippen molar-refractivity contribution in [3.63, 3.8) is 0 Å². The molecule has 0 aliphatic carbocycles. The molecule has 18 heavy (non-hydrogen) atoms. The molecule has 0 fully saturated rings. The van der Waals surface area contributed by atoms with Crippen LogP contribution in [0.1, 0.15) is 31.9 Å². The van der Waals surface area contributed by atoms with Gasteiger partial charge in [-0.25, -0.2) is 0 Å². The van der Waals surface area contributed by atoms with E-state index in [1.165, 1.54) is 0 Å². The molecular formula is C14H21NO3. The number of aliphatic hydroxyl groups is 1. The first-order valence-corrected chi connectivity index (χ1v) is 6.29. The minimum absolute atomic E-state index is 0.0164. The molecule has 0 aromatic heterocycles. The summed E-state index contributed by atoms with van der Waals surface area (Å²) in [6, 6.07) is 6.14. The average Bonchev–Trinajstić information content (AvgIpc) is 2.33. The standard InChI is InChI=1S/C14H21NO3/c1-14(2)9-12(15-3)11-5-4-10(17-7-6-16)8-13(11)18-14/h4-5,8,12,15-16H,6-7,9H2,1-3H3. The normalized spacial score (nSPS) is 21.0. The maximum atomic E-state index is 8.76. The van der Waals surface area contributed by atoms with Gasteiger partial charge in [-0.15, -0.1) is 0 Å². The summed E-state index contributed by atoms with van der Waals surface area (Å²) in [5.41, 5.74) is 0.976. The summed E-state index contributed by atoms with van der Waals surface area (Å²) in [4.78, 5) is 0. The number of benzene rings is 1. The van der Waals surface area contributed by atoms with Crippen LogP contribution in [0.2, 0.25) is 0 Å². The van der Waals surface area contributed by atoms with Crippen LogP contribution >= 0.6 is 0 Å². The average molecular weight is 251 g/mol. The molecule has 0 saturated heterocycles. The first-order chi connectivity index (χ1) is 8.55. The Morgan fingerprint density at radius 1 is 1.50 bits per heavy atom. The molecule has 2 N–H and O–H groups in total. The highest BCUT2D eigenvalue weighted by Crippen LogP contribution is 2.40. The summed E-state index contributed by atoms with van der Waals surface area (Å²) >= 11 is 0. The second-order valence-corrected chi connectivity index (χ2v) is 5.18. The zero-order valence-corrected chi connectivity index (χ0v) is 11.2. The van der Waals surface area contributed by atoms with Crippen LogP contribution < -0.4 is 14.8 Å². The second-order valence-electron chi connectivity index (χ2n) is 5.18. The van der Waals surface area contributed by atoms with Gasteiger partial charge < -0.3 is 19.9 Å². The Kier molecular flexibility index (Phi) is 3.78. The van der Waals surface area contributed by atoms with Crippen molar-refractivity contribution in [2.75, 3.05) is 20.3 Å². The Morgan fingerprint density at radius 3 is 2.94 bits per heavy atom. The number of hydrogen-bond donors (Lipinski definition) is 2. The van der Waals surface area contributed by atoms with Gasteiger partial charge in [-0.1, -0.05) is 6.07 Å². The van der Waals surface area contributed by atoms with Gasteiger partial charge >= 0.3 is 0 Å². The fourth-order valence-electron chi connectivity index (χ4n) is 2.34. The van der Waals surface area contributed by atoms with Crippen LogP contribution in [0.4, 0.5) is 0 Å². The predicted molar refractivity (Wildman–Crippen MR) is 70.1 cm³/mol. The van der Waals surface area contributed by atoms with Crippen LogP contribution in [0.3, 0.4) is 0 Å². The van der Waals surface area contributed by atoms with Crippen LogP contribution in [-0.2, 0) is 0 Å². The smallest absolute Gasteiger partial charge is 0.128 e. The number of nitrogens with one attached hydrogen (secondary N) is 1. The van der Waals surface area contributed by atoms with E-state index in [4.69, 9.17) is 14.6 Å². The first-order valence-electron chi connectivity index (χ1n) is 6.29. The summed E-state index contributed by atoms with van der Waals surface area (Å²) in [5, 5.41) is 12.1. The molecule has 4 nitrogen and oxygen atoms in total. The van der Waals surface area contributed by atoms with E-state index in [0.29, 0.717) is 12.6 Å². The van der Waals surface area contributed by atoms with Crippen LogP contribution in [0, 0.1) is 0 Å². The number of ether oxygens (including phenoxy) is 2. The third-order valence-corrected chi connectivity index (χ3v) is 3.15. The number of aliphatic hydroxyl groups excluding tert-OH is 1. The fourth-order valence-corrected chi connectivity index (χ4v) is 2.34. The molecule has 0 radical (unpaired) electrons. The monoisotopic (exact) mass is 251 g/mol. The molecule has 1 atom stereocenters. The van der Waals surface area contributed by atoms with Crippen LogP contribution in [-0.4, -0.2) is 31.0 Å². The molecule has 1 aromatic carbocycles. The van der Waals surface area contributed by atoms with E-state index in [1.54, 1.807) is 0 Å². The summed E-state index contributed by atoms with van der Waals surface area (Å²) in [6.45, 7) is 4.49. The molecule has 2 rings (SSSR count). The van der Waals surface area contributed by atoms with Gasteiger partial charge in [-0.3, -0.25) is 0 Å². The van der Waals surface area contributed by atoms with Crippen molar-refractivity contribution in [1.29, 1.82) is 0 Å². The van der Waals surface area contributed by atoms with E-state index in [2.05, 4.69) is 19.2 Å². The van der Waals surface area contributed by atoms with Crippen LogP contribution in [0.15, 0.2) is 18.2 Å². The Balaban J connectivity index is 2.27. The molecule has 1 aliphatic heterocycles. The largest absolute Gasteiger partial charge is 0.491 e. The maximum Gasteiger partial charge on any atom is 0.128 e. The molecule has 1 unspecified atom stereocenters. The molecule has 1 aliphatic rings. The topological polar surface area (TPSA) is 50.7 Å². The number of fused-ring (bicyclic) bond motifs is 1. The quantitative estimate of drug-likeness (QED) is 0.858. The van der Waals surface area contributed by atoms with Crippen molar-refractivity contribution in [2.45, 2.75) is 31.9 Å². The van der Waals surface area contributed by atoms with Gasteiger partial charge in [0.05, 0.1) is 6.61 Å². The highest BCUT2D eigenvalue weighted by atomic mass is 16.5. The molecule has 0 saturated carbocycles. The third-order valence-electron chi connectivity index (χ3n) is 3.15. The van der Waals surface area contributed by atoms with Crippen molar-refractivity contribution in [3.05, 3.63) is 23.8 Å². The number of hydrogen-bond acceptors (Lipinski definition) is 4. The van der Waals surface area contributed by atoms with E-state index in [-0.39, 0.29) is 12.2 Å². The summed E-state index contributed by atoms with van der Waals surface area (Å²) in [5.74, 6) is 1.59. The lowest BCUT2D eigenvalue weighted by Gasteiger charge is -2.37. The second kappa shape index (κ2) is 5.16.